The number of aliphatic carboxylic acids is 1. The third-order valence-corrected chi connectivity index (χ3v) is 12.9. The number of carboxylic acid groups (broad SMARTS) is 1. The average molecular weight is 1010 g/mol. The zero-order valence-corrected chi connectivity index (χ0v) is 41.6. The molecular formula is C48H69N2O17S2-. The van der Waals surface area contributed by atoms with Gasteiger partial charge < -0.3 is 61.4 Å². The minimum atomic E-state index is -4.84. The highest BCUT2D eigenvalue weighted by Crippen LogP contribution is 2.51. The molecule has 0 aromatic heterocycles. The first-order valence-corrected chi connectivity index (χ1v) is 26.1. The number of carboxylic acids is 1. The van der Waals surface area contributed by atoms with Crippen molar-refractivity contribution in [1.82, 2.24) is 4.58 Å². The van der Waals surface area contributed by atoms with Crippen molar-refractivity contribution in [2.75, 3.05) is 137 Å². The molecule has 0 radical (unpaired) electrons. The molecule has 1 unspecified atom stereocenters. The highest BCUT2D eigenvalue weighted by Gasteiger charge is 2.43. The molecular weight excluding hydrogens is 941 g/mol. The number of benzene rings is 2. The van der Waals surface area contributed by atoms with Crippen LogP contribution in [0.4, 0.5) is 5.69 Å². The first-order valence-electron chi connectivity index (χ1n) is 23.1. The van der Waals surface area contributed by atoms with Crippen molar-refractivity contribution in [1.29, 1.82) is 0 Å². The monoisotopic (exact) mass is 1010 g/mol. The van der Waals surface area contributed by atoms with Crippen LogP contribution in [-0.4, -0.2) is 169 Å². The van der Waals surface area contributed by atoms with Crippen LogP contribution < -0.4 is 14.8 Å². The number of unbranched alkanes of at least 4 members (excludes halogenated alkanes) is 2. The maximum absolute atomic E-state index is 12.2. The Morgan fingerprint density at radius 2 is 1.32 bits per heavy atom. The van der Waals surface area contributed by atoms with Crippen molar-refractivity contribution in [3.63, 3.8) is 0 Å². The molecule has 0 saturated carbocycles. The van der Waals surface area contributed by atoms with E-state index in [0.29, 0.717) is 154 Å². The van der Waals surface area contributed by atoms with Gasteiger partial charge in [-0.1, -0.05) is 18.6 Å². The fraction of sp³-hybridized carbons (Fsp3) is 0.583. The molecule has 1 aromatic carbocycles. The maximum atomic E-state index is 12.2. The lowest BCUT2D eigenvalue weighted by Gasteiger charge is -2.31. The van der Waals surface area contributed by atoms with E-state index in [-0.39, 0.29) is 19.3 Å². The molecule has 2 aliphatic heterocycles. The van der Waals surface area contributed by atoms with Crippen LogP contribution in [0.15, 0.2) is 75.9 Å². The van der Waals surface area contributed by atoms with E-state index in [1.54, 1.807) is 26.5 Å². The van der Waals surface area contributed by atoms with Crippen molar-refractivity contribution >= 4 is 38.0 Å². The van der Waals surface area contributed by atoms with Gasteiger partial charge in [0.25, 0.3) is 0 Å². The molecule has 0 bridgehead atoms. The summed E-state index contributed by atoms with van der Waals surface area (Å²) < 4.78 is 124. The Morgan fingerprint density at radius 3 is 1.87 bits per heavy atom. The Hall–Kier alpha value is -4.10. The fourth-order valence-corrected chi connectivity index (χ4v) is 8.80. The Morgan fingerprint density at radius 1 is 0.739 bits per heavy atom. The number of rotatable bonds is 37. The van der Waals surface area contributed by atoms with Gasteiger partial charge in [-0.2, -0.15) is 0 Å². The van der Waals surface area contributed by atoms with Crippen LogP contribution in [0, 0.1) is 0 Å². The molecule has 1 N–H and O–H groups in total. The van der Waals surface area contributed by atoms with Gasteiger partial charge >= 0.3 is 5.97 Å². The van der Waals surface area contributed by atoms with E-state index in [2.05, 4.69) is 4.58 Å². The summed E-state index contributed by atoms with van der Waals surface area (Å²) >= 11 is 0. The van der Waals surface area contributed by atoms with Crippen molar-refractivity contribution in [3.05, 3.63) is 83.1 Å². The third kappa shape index (κ3) is 20.3. The van der Waals surface area contributed by atoms with Crippen LogP contribution in [0.3, 0.4) is 0 Å². The van der Waals surface area contributed by atoms with E-state index >= 15 is 0 Å². The van der Waals surface area contributed by atoms with Crippen molar-refractivity contribution in [2.45, 2.75) is 55.8 Å². The minimum Gasteiger partial charge on any atom is -0.748 e. The van der Waals surface area contributed by atoms with Gasteiger partial charge in [0.2, 0.25) is 5.36 Å². The standard InChI is InChI=1S/C48H70N2O17S2/c1-48(17-8-36-68(53,54)55)43-38-41(69(56,57)58)13-15-44(43)50(18-6-4-5-11-47(51)52)46(48)10-7-9-39-16-21-67-45-37-40(12-14-42(39)45)49(19-22-61-28-30-65-34-32-63-26-24-59-2)20-23-62-29-31-66-35-33-64-27-25-60-3/h7,9-10,12-16,21,37-38H,4-6,8,11,17-20,22-36H2,1-3H3,(H2-,51,52,53,54,55,56,57,58)/p-1. The molecule has 386 valence electrons. The number of fused-ring (bicyclic) bond motifs is 2. The van der Waals surface area contributed by atoms with E-state index < -0.39 is 42.3 Å². The molecule has 0 spiro atoms. The molecule has 0 amide bonds. The van der Waals surface area contributed by atoms with Gasteiger partial charge in [-0.05, 0) is 80.1 Å². The zero-order chi connectivity index (χ0) is 50.0. The van der Waals surface area contributed by atoms with Gasteiger partial charge in [-0.3, -0.25) is 4.79 Å². The van der Waals surface area contributed by atoms with Gasteiger partial charge in [0.05, 0.1) is 107 Å². The molecule has 2 heterocycles. The predicted molar refractivity (Wildman–Crippen MR) is 255 cm³/mol. The quantitative estimate of drug-likeness (QED) is 0.0485. The lowest BCUT2D eigenvalue weighted by Crippen LogP contribution is -2.36. The number of methoxy groups -OCH3 is 2. The number of allylic oxidation sites excluding steroid dienone is 3. The summed E-state index contributed by atoms with van der Waals surface area (Å²) in [5.41, 5.74) is 2.45. The molecule has 69 heavy (non-hydrogen) atoms. The number of hydrogen-bond acceptors (Lipinski definition) is 17. The SMILES string of the molecule is COCCOCCOCCOCC[N+](CCOCCOCCOCCOC)=c1ccc2c(/C=C/C=C3/N(CCCCCC(=O)O)c4ccc(S(=O)(=O)[O-])cc4C3(C)CCCS(=O)(=O)[O-])ccoc-2c1. The van der Waals surface area contributed by atoms with Gasteiger partial charge in [-0.25, -0.2) is 21.4 Å². The average Bonchev–Trinajstić information content (AvgIpc) is 3.53. The van der Waals surface area contributed by atoms with Crippen LogP contribution in [0.1, 0.15) is 56.6 Å². The Labute approximate surface area is 406 Å². The van der Waals surface area contributed by atoms with Crippen LogP contribution in [0.5, 0.6) is 0 Å². The summed E-state index contributed by atoms with van der Waals surface area (Å²) in [7, 11) is -6.16. The third-order valence-electron chi connectivity index (χ3n) is 11.3. The van der Waals surface area contributed by atoms with E-state index in [4.69, 9.17) is 47.4 Å². The predicted octanol–water partition coefficient (Wildman–Crippen LogP) is 4.10. The summed E-state index contributed by atoms with van der Waals surface area (Å²) in [5, 5.41) is 10.1. The molecule has 0 fully saturated rings. The normalized spacial score (nSPS) is 15.8. The molecule has 0 saturated heterocycles. The smallest absolute Gasteiger partial charge is 0.303 e. The molecule has 1 aromatic rings. The van der Waals surface area contributed by atoms with Crippen molar-refractivity contribution in [3.8, 4) is 11.3 Å². The van der Waals surface area contributed by atoms with Crippen LogP contribution in [0.2, 0.25) is 0 Å². The van der Waals surface area contributed by atoms with Gasteiger partial charge in [0.1, 0.15) is 29.1 Å². The molecule has 1 atom stereocenters. The van der Waals surface area contributed by atoms with Crippen LogP contribution in [0.25, 0.3) is 17.4 Å². The number of carbonyl (C=O) groups is 1. The molecule has 3 aliphatic rings. The highest BCUT2D eigenvalue weighted by atomic mass is 32.2. The van der Waals surface area contributed by atoms with Crippen LogP contribution >= 0.6 is 0 Å². The number of ether oxygens (including phenoxy) is 8. The molecule has 21 heteroatoms. The van der Waals surface area contributed by atoms with Crippen LogP contribution in [-0.2, 0) is 68.3 Å². The molecule has 4 rings (SSSR count). The number of hydrogen-bond donors (Lipinski definition) is 1. The second-order valence-electron chi connectivity index (χ2n) is 16.3. The first-order chi connectivity index (χ1) is 33.2. The highest BCUT2D eigenvalue weighted by molar-refractivity contribution is 7.86. The summed E-state index contributed by atoms with van der Waals surface area (Å²) in [5.74, 6) is -0.909. The number of nitrogens with zero attached hydrogens (tertiary/aromatic N) is 2. The van der Waals surface area contributed by atoms with Gasteiger partial charge in [0.15, 0.2) is 13.1 Å². The lowest BCUT2D eigenvalue weighted by molar-refractivity contribution is -0.137. The van der Waals surface area contributed by atoms with Crippen molar-refractivity contribution in [2.24, 2.45) is 0 Å². The van der Waals surface area contributed by atoms with Gasteiger partial charge in [-0.15, -0.1) is 0 Å². The van der Waals surface area contributed by atoms with Gasteiger partial charge in [0, 0.05) is 61.4 Å². The Kier molecular flexibility index (Phi) is 25.5. The first kappa shape index (κ1) is 57.5. The molecule has 1 aliphatic carbocycles. The van der Waals surface area contributed by atoms with E-state index in [9.17, 15) is 30.7 Å². The summed E-state index contributed by atoms with van der Waals surface area (Å²) in [6, 6.07) is 11.9. The fourth-order valence-electron chi connectivity index (χ4n) is 7.81. The Bertz CT molecular complexity index is 2310. The second-order valence-corrected chi connectivity index (χ2v) is 19.2. The molecule has 19 nitrogen and oxygen atoms in total. The van der Waals surface area contributed by atoms with Crippen molar-refractivity contribution < 1.29 is 78.2 Å². The van der Waals surface area contributed by atoms with E-state index in [0.717, 1.165) is 16.5 Å². The van der Waals surface area contributed by atoms with E-state index in [1.165, 1.54) is 12.1 Å². The Balaban J connectivity index is 1.58. The van der Waals surface area contributed by atoms with E-state index in [1.807, 2.05) is 54.3 Å². The maximum Gasteiger partial charge on any atom is 0.303 e. The second kappa shape index (κ2) is 30.6. The largest absolute Gasteiger partial charge is 0.748 e. The lowest BCUT2D eigenvalue weighted by atomic mass is 9.77. The number of anilines is 1. The summed E-state index contributed by atoms with van der Waals surface area (Å²) in [4.78, 5) is 12.7. The topological polar surface area (TPSA) is 245 Å². The minimum absolute atomic E-state index is 0.0146. The summed E-state index contributed by atoms with van der Waals surface area (Å²) in [6.07, 6.45) is 8.98. The summed E-state index contributed by atoms with van der Waals surface area (Å²) in [6.45, 7) is 9.81. The zero-order valence-electron chi connectivity index (χ0n) is 40.0.